The quantitative estimate of drug-likeness (QED) is 0.535. The van der Waals surface area contributed by atoms with Crippen molar-refractivity contribution in [3.05, 3.63) is 53.6 Å². The molecule has 2 aromatic rings. The summed E-state index contributed by atoms with van der Waals surface area (Å²) in [5.41, 5.74) is 1.77. The molecule has 0 aliphatic rings. The highest BCUT2D eigenvalue weighted by atomic mass is 16.3. The van der Waals surface area contributed by atoms with Crippen LogP contribution in [0.1, 0.15) is 11.1 Å². The Bertz CT molecular complexity index is 598. The summed E-state index contributed by atoms with van der Waals surface area (Å²) in [5, 5.41) is 40.9. The van der Waals surface area contributed by atoms with Crippen LogP contribution in [-0.4, -0.2) is 39.6 Å². The Morgan fingerprint density at radius 2 is 1.59 bits per heavy atom. The van der Waals surface area contributed by atoms with E-state index in [1.807, 2.05) is 12.1 Å². The number of benzene rings is 2. The standard InChI is InChI=1S/C17H21NO4/c19-11-14(9-12-1-4-15(20)5-2-12)18-8-7-13-3-6-16(21)10-17(13)22/h1-6,10,14,18-22H,7-9,11H2/t14-/m0/s1. The average molecular weight is 303 g/mol. The fraction of sp³-hybridized carbons (Fsp3) is 0.294. The first kappa shape index (κ1) is 16.1. The van der Waals surface area contributed by atoms with Gasteiger partial charge in [0, 0.05) is 12.1 Å². The van der Waals surface area contributed by atoms with E-state index in [4.69, 9.17) is 0 Å². The predicted octanol–water partition coefficient (Wildman–Crippen LogP) is 1.54. The van der Waals surface area contributed by atoms with E-state index in [-0.39, 0.29) is 29.9 Å². The molecule has 5 N–H and O–H groups in total. The average Bonchev–Trinajstić information content (AvgIpc) is 2.50. The third kappa shape index (κ3) is 4.65. The Hall–Kier alpha value is -2.24. The lowest BCUT2D eigenvalue weighted by Crippen LogP contribution is -2.35. The number of rotatable bonds is 7. The molecule has 22 heavy (non-hydrogen) atoms. The van der Waals surface area contributed by atoms with Crippen LogP contribution in [-0.2, 0) is 12.8 Å². The van der Waals surface area contributed by atoms with Crippen molar-refractivity contribution in [2.75, 3.05) is 13.2 Å². The monoisotopic (exact) mass is 303 g/mol. The third-order valence-electron chi connectivity index (χ3n) is 3.54. The van der Waals surface area contributed by atoms with Gasteiger partial charge in [-0.3, -0.25) is 0 Å². The van der Waals surface area contributed by atoms with E-state index in [1.54, 1.807) is 18.2 Å². The van der Waals surface area contributed by atoms with Crippen molar-refractivity contribution in [3.63, 3.8) is 0 Å². The maximum Gasteiger partial charge on any atom is 0.122 e. The highest BCUT2D eigenvalue weighted by Gasteiger charge is 2.09. The van der Waals surface area contributed by atoms with Crippen molar-refractivity contribution in [2.24, 2.45) is 0 Å². The fourth-order valence-corrected chi connectivity index (χ4v) is 2.29. The molecule has 0 amide bonds. The second-order valence-electron chi connectivity index (χ2n) is 5.27. The molecule has 5 nitrogen and oxygen atoms in total. The molecule has 0 aliphatic heterocycles. The summed E-state index contributed by atoms with van der Waals surface area (Å²) in [6.07, 6.45) is 1.25. The Morgan fingerprint density at radius 3 is 2.23 bits per heavy atom. The van der Waals surface area contributed by atoms with Crippen molar-refractivity contribution in [3.8, 4) is 17.2 Å². The van der Waals surface area contributed by atoms with Gasteiger partial charge in [-0.1, -0.05) is 18.2 Å². The lowest BCUT2D eigenvalue weighted by molar-refractivity contribution is 0.242. The minimum Gasteiger partial charge on any atom is -0.508 e. The van der Waals surface area contributed by atoms with Crippen LogP contribution < -0.4 is 5.32 Å². The summed E-state index contributed by atoms with van der Waals surface area (Å²) in [5.74, 6) is 0.329. The van der Waals surface area contributed by atoms with Gasteiger partial charge in [0.05, 0.1) is 6.61 Å². The molecule has 0 unspecified atom stereocenters. The van der Waals surface area contributed by atoms with E-state index in [2.05, 4.69) is 5.32 Å². The van der Waals surface area contributed by atoms with Crippen LogP contribution in [0.2, 0.25) is 0 Å². The van der Waals surface area contributed by atoms with E-state index >= 15 is 0 Å². The van der Waals surface area contributed by atoms with Crippen LogP contribution in [0, 0.1) is 0 Å². The van der Waals surface area contributed by atoms with Crippen molar-refractivity contribution >= 4 is 0 Å². The first-order chi connectivity index (χ1) is 10.6. The van der Waals surface area contributed by atoms with Gasteiger partial charge in [-0.2, -0.15) is 0 Å². The summed E-state index contributed by atoms with van der Waals surface area (Å²) in [4.78, 5) is 0. The highest BCUT2D eigenvalue weighted by Crippen LogP contribution is 2.22. The van der Waals surface area contributed by atoms with Crippen LogP contribution in [0.3, 0.4) is 0 Å². The lowest BCUT2D eigenvalue weighted by atomic mass is 10.1. The van der Waals surface area contributed by atoms with Crippen molar-refractivity contribution in [1.29, 1.82) is 0 Å². The van der Waals surface area contributed by atoms with E-state index in [0.29, 0.717) is 19.4 Å². The number of aliphatic hydroxyl groups excluding tert-OH is 1. The molecule has 0 heterocycles. The first-order valence-corrected chi connectivity index (χ1v) is 7.21. The third-order valence-corrected chi connectivity index (χ3v) is 3.54. The molecule has 5 heteroatoms. The van der Waals surface area contributed by atoms with Gasteiger partial charge >= 0.3 is 0 Å². The van der Waals surface area contributed by atoms with Gasteiger partial charge in [0.1, 0.15) is 17.2 Å². The lowest BCUT2D eigenvalue weighted by Gasteiger charge is -2.16. The molecule has 0 saturated heterocycles. The van der Waals surface area contributed by atoms with Crippen LogP contribution in [0.15, 0.2) is 42.5 Å². The smallest absolute Gasteiger partial charge is 0.122 e. The van der Waals surface area contributed by atoms with Gasteiger partial charge in [0.2, 0.25) is 0 Å². The molecular formula is C17H21NO4. The highest BCUT2D eigenvalue weighted by molar-refractivity contribution is 5.39. The van der Waals surface area contributed by atoms with Gasteiger partial charge in [0.25, 0.3) is 0 Å². The number of phenolic OH excluding ortho intramolecular Hbond substituents is 3. The number of nitrogens with one attached hydrogen (secondary N) is 1. The molecule has 0 aromatic heterocycles. The Kier molecular flexibility index (Phi) is 5.63. The fourth-order valence-electron chi connectivity index (χ4n) is 2.29. The Balaban J connectivity index is 1.84. The second kappa shape index (κ2) is 7.68. The summed E-state index contributed by atoms with van der Waals surface area (Å²) < 4.78 is 0. The topological polar surface area (TPSA) is 93.0 Å². The summed E-state index contributed by atoms with van der Waals surface area (Å²) in [6, 6.07) is 11.3. The predicted molar refractivity (Wildman–Crippen MR) is 84.2 cm³/mol. The normalized spacial score (nSPS) is 12.2. The molecule has 0 bridgehead atoms. The first-order valence-electron chi connectivity index (χ1n) is 7.21. The van der Waals surface area contributed by atoms with Crippen LogP contribution in [0.4, 0.5) is 0 Å². The number of hydrogen-bond acceptors (Lipinski definition) is 5. The zero-order valence-electron chi connectivity index (χ0n) is 12.2. The maximum atomic E-state index is 9.71. The Morgan fingerprint density at radius 1 is 0.909 bits per heavy atom. The van der Waals surface area contributed by atoms with Crippen LogP contribution in [0.5, 0.6) is 17.2 Å². The molecular weight excluding hydrogens is 282 g/mol. The number of aromatic hydroxyl groups is 3. The molecule has 1 atom stereocenters. The number of phenols is 3. The van der Waals surface area contributed by atoms with E-state index < -0.39 is 0 Å². The maximum absolute atomic E-state index is 9.71. The van der Waals surface area contributed by atoms with E-state index in [9.17, 15) is 20.4 Å². The van der Waals surface area contributed by atoms with Crippen LogP contribution in [0.25, 0.3) is 0 Å². The van der Waals surface area contributed by atoms with Crippen molar-refractivity contribution in [2.45, 2.75) is 18.9 Å². The Labute approximate surface area is 129 Å². The van der Waals surface area contributed by atoms with Crippen LogP contribution >= 0.6 is 0 Å². The molecule has 0 radical (unpaired) electrons. The minimum absolute atomic E-state index is 0.00242. The summed E-state index contributed by atoms with van der Waals surface area (Å²) in [6.45, 7) is 0.601. The van der Waals surface area contributed by atoms with Gasteiger partial charge in [-0.05, 0) is 48.7 Å². The van der Waals surface area contributed by atoms with E-state index in [1.165, 1.54) is 12.1 Å². The zero-order valence-corrected chi connectivity index (χ0v) is 12.2. The molecule has 2 rings (SSSR count). The van der Waals surface area contributed by atoms with Gasteiger partial charge in [-0.15, -0.1) is 0 Å². The largest absolute Gasteiger partial charge is 0.508 e. The SMILES string of the molecule is OC[C@H](Cc1ccc(O)cc1)NCCc1ccc(O)cc1O. The van der Waals surface area contributed by atoms with Crippen molar-refractivity contribution in [1.82, 2.24) is 5.32 Å². The van der Waals surface area contributed by atoms with Gasteiger partial charge < -0.3 is 25.7 Å². The summed E-state index contributed by atoms with van der Waals surface area (Å²) in [7, 11) is 0. The molecule has 0 fully saturated rings. The molecule has 0 aliphatic carbocycles. The van der Waals surface area contributed by atoms with Gasteiger partial charge in [0.15, 0.2) is 0 Å². The minimum atomic E-state index is -0.0937. The van der Waals surface area contributed by atoms with Crippen molar-refractivity contribution < 1.29 is 20.4 Å². The molecule has 2 aromatic carbocycles. The summed E-state index contributed by atoms with van der Waals surface area (Å²) >= 11 is 0. The second-order valence-corrected chi connectivity index (χ2v) is 5.27. The number of aliphatic hydroxyl groups is 1. The molecule has 118 valence electrons. The molecule has 0 spiro atoms. The molecule has 0 saturated carbocycles. The van der Waals surface area contributed by atoms with E-state index in [0.717, 1.165) is 11.1 Å². The van der Waals surface area contributed by atoms with Gasteiger partial charge in [-0.25, -0.2) is 0 Å². The number of hydrogen-bond donors (Lipinski definition) is 5. The zero-order chi connectivity index (χ0) is 15.9.